The monoisotopic (exact) mass is 333 g/mol. The Morgan fingerprint density at radius 2 is 1.80 bits per heavy atom. The fraction of sp³-hybridized carbons (Fsp3) is 0.190. The van der Waals surface area contributed by atoms with Crippen molar-refractivity contribution in [3.63, 3.8) is 0 Å². The number of para-hydroxylation sites is 1. The second-order valence-electron chi connectivity index (χ2n) is 6.03. The average molecular weight is 333 g/mol. The standard InChI is InChI=1S/C21H19NO3/c1-2-3-13-24-20-17-19(22-18(20)14-9-5-4-6-10-14)15-11-7-8-12-16(15)25-21(17)23/h4-12,22H,2-3,13H2,1H3. The van der Waals surface area contributed by atoms with Crippen molar-refractivity contribution >= 4 is 21.9 Å². The Balaban J connectivity index is 2.02. The zero-order valence-corrected chi connectivity index (χ0v) is 14.0. The van der Waals surface area contributed by atoms with E-state index in [2.05, 4.69) is 11.9 Å². The van der Waals surface area contributed by atoms with Crippen LogP contribution in [0.1, 0.15) is 19.8 Å². The molecule has 25 heavy (non-hydrogen) atoms. The molecule has 0 atom stereocenters. The Morgan fingerprint density at radius 3 is 2.60 bits per heavy atom. The van der Waals surface area contributed by atoms with E-state index in [1.165, 1.54) is 0 Å². The molecule has 0 amide bonds. The van der Waals surface area contributed by atoms with Gasteiger partial charge in [0.05, 0.1) is 17.8 Å². The van der Waals surface area contributed by atoms with Gasteiger partial charge in [0.1, 0.15) is 11.0 Å². The highest BCUT2D eigenvalue weighted by atomic mass is 16.5. The fourth-order valence-corrected chi connectivity index (χ4v) is 3.06. The molecule has 0 aliphatic rings. The van der Waals surface area contributed by atoms with Gasteiger partial charge in [0.25, 0.3) is 0 Å². The number of unbranched alkanes of at least 4 members (excludes halogenated alkanes) is 1. The fourth-order valence-electron chi connectivity index (χ4n) is 3.06. The average Bonchev–Trinajstić information content (AvgIpc) is 3.03. The van der Waals surface area contributed by atoms with Gasteiger partial charge >= 0.3 is 5.63 Å². The van der Waals surface area contributed by atoms with Crippen molar-refractivity contribution in [1.82, 2.24) is 4.98 Å². The van der Waals surface area contributed by atoms with E-state index in [4.69, 9.17) is 9.15 Å². The van der Waals surface area contributed by atoms with Crippen LogP contribution in [0.2, 0.25) is 0 Å². The molecule has 2 aromatic heterocycles. The molecule has 126 valence electrons. The first-order valence-corrected chi connectivity index (χ1v) is 8.55. The van der Waals surface area contributed by atoms with Crippen LogP contribution >= 0.6 is 0 Å². The molecule has 4 aromatic rings. The van der Waals surface area contributed by atoms with E-state index in [1.807, 2.05) is 48.5 Å². The summed E-state index contributed by atoms with van der Waals surface area (Å²) in [5, 5.41) is 1.35. The number of ether oxygens (including phenoxy) is 1. The number of aromatic amines is 1. The summed E-state index contributed by atoms with van der Waals surface area (Å²) in [5.74, 6) is 0.578. The zero-order valence-electron chi connectivity index (χ0n) is 14.0. The van der Waals surface area contributed by atoms with Gasteiger partial charge in [0, 0.05) is 10.9 Å². The lowest BCUT2D eigenvalue weighted by Crippen LogP contribution is -2.03. The molecule has 0 aliphatic heterocycles. The molecule has 0 spiro atoms. The lowest BCUT2D eigenvalue weighted by atomic mass is 10.1. The number of hydrogen-bond donors (Lipinski definition) is 1. The van der Waals surface area contributed by atoms with E-state index in [9.17, 15) is 4.79 Å². The normalized spacial score (nSPS) is 11.2. The number of benzene rings is 2. The van der Waals surface area contributed by atoms with E-state index in [1.54, 1.807) is 6.07 Å². The quantitative estimate of drug-likeness (QED) is 0.407. The van der Waals surface area contributed by atoms with Gasteiger partial charge < -0.3 is 14.1 Å². The summed E-state index contributed by atoms with van der Waals surface area (Å²) < 4.78 is 11.5. The highest BCUT2D eigenvalue weighted by molar-refractivity contribution is 6.07. The van der Waals surface area contributed by atoms with Crippen LogP contribution in [0.3, 0.4) is 0 Å². The Labute approximate surface area is 145 Å². The molecule has 4 nitrogen and oxygen atoms in total. The number of aromatic nitrogens is 1. The summed E-state index contributed by atoms with van der Waals surface area (Å²) in [6.07, 6.45) is 1.96. The van der Waals surface area contributed by atoms with Gasteiger partial charge in [-0.05, 0) is 18.6 Å². The minimum atomic E-state index is -0.376. The minimum absolute atomic E-state index is 0.376. The molecule has 0 unspecified atom stereocenters. The predicted molar refractivity (Wildman–Crippen MR) is 100 cm³/mol. The molecule has 0 bridgehead atoms. The van der Waals surface area contributed by atoms with Crippen molar-refractivity contribution in [2.24, 2.45) is 0 Å². The maximum atomic E-state index is 12.6. The van der Waals surface area contributed by atoms with Gasteiger partial charge in [0.2, 0.25) is 0 Å². The molecule has 0 radical (unpaired) electrons. The van der Waals surface area contributed by atoms with Crippen molar-refractivity contribution in [3.05, 3.63) is 65.0 Å². The maximum absolute atomic E-state index is 12.6. The largest absolute Gasteiger partial charge is 0.490 e. The van der Waals surface area contributed by atoms with E-state index in [-0.39, 0.29) is 5.63 Å². The van der Waals surface area contributed by atoms with E-state index in [0.717, 1.165) is 35.0 Å². The van der Waals surface area contributed by atoms with Crippen LogP contribution in [0.5, 0.6) is 5.75 Å². The predicted octanol–water partition coefficient (Wildman–Crippen LogP) is 5.12. The lowest BCUT2D eigenvalue weighted by Gasteiger charge is -2.07. The van der Waals surface area contributed by atoms with Crippen LogP contribution in [0, 0.1) is 0 Å². The highest BCUT2D eigenvalue weighted by Gasteiger charge is 2.20. The van der Waals surface area contributed by atoms with Crippen molar-refractivity contribution in [3.8, 4) is 17.0 Å². The number of rotatable bonds is 5. The Kier molecular flexibility index (Phi) is 4.02. The Hall–Kier alpha value is -3.01. The summed E-state index contributed by atoms with van der Waals surface area (Å²) in [6, 6.07) is 17.4. The first kappa shape index (κ1) is 15.5. The first-order chi connectivity index (χ1) is 12.3. The van der Waals surface area contributed by atoms with Crippen molar-refractivity contribution in [2.75, 3.05) is 6.61 Å². The molecule has 2 heterocycles. The highest BCUT2D eigenvalue weighted by Crippen LogP contribution is 2.38. The molecule has 1 N–H and O–H groups in total. The van der Waals surface area contributed by atoms with Gasteiger partial charge in [-0.15, -0.1) is 0 Å². The van der Waals surface area contributed by atoms with Gasteiger partial charge in [-0.1, -0.05) is 55.8 Å². The molecule has 0 aliphatic carbocycles. The van der Waals surface area contributed by atoms with Gasteiger partial charge in [-0.2, -0.15) is 0 Å². The summed E-state index contributed by atoms with van der Waals surface area (Å²) in [4.78, 5) is 16.0. The van der Waals surface area contributed by atoms with Crippen LogP contribution in [0.15, 0.2) is 63.8 Å². The van der Waals surface area contributed by atoms with Crippen LogP contribution in [0.25, 0.3) is 33.1 Å². The van der Waals surface area contributed by atoms with Gasteiger partial charge in [0.15, 0.2) is 5.75 Å². The number of hydrogen-bond acceptors (Lipinski definition) is 3. The minimum Gasteiger partial charge on any atom is -0.490 e. The van der Waals surface area contributed by atoms with E-state index in [0.29, 0.717) is 23.3 Å². The third-order valence-corrected chi connectivity index (χ3v) is 4.32. The molecular weight excluding hydrogens is 314 g/mol. The first-order valence-electron chi connectivity index (χ1n) is 8.55. The molecule has 0 saturated carbocycles. The zero-order chi connectivity index (χ0) is 17.2. The summed E-state index contributed by atoms with van der Waals surface area (Å²) >= 11 is 0. The van der Waals surface area contributed by atoms with Gasteiger partial charge in [-0.3, -0.25) is 0 Å². The van der Waals surface area contributed by atoms with E-state index >= 15 is 0 Å². The van der Waals surface area contributed by atoms with E-state index < -0.39 is 0 Å². The SMILES string of the molecule is CCCCOc1c(-c2ccccc2)[nH]c2c1c(=O)oc1ccccc12. The smallest absolute Gasteiger partial charge is 0.349 e. The van der Waals surface area contributed by atoms with Crippen molar-refractivity contribution in [1.29, 1.82) is 0 Å². The molecule has 0 fully saturated rings. The van der Waals surface area contributed by atoms with Crippen molar-refractivity contribution < 1.29 is 9.15 Å². The summed E-state index contributed by atoms with van der Waals surface area (Å²) in [7, 11) is 0. The molecule has 4 heteroatoms. The van der Waals surface area contributed by atoms with Crippen LogP contribution < -0.4 is 10.4 Å². The molecular formula is C21H19NO3. The second kappa shape index (κ2) is 6.48. The summed E-state index contributed by atoms with van der Waals surface area (Å²) in [6.45, 7) is 2.67. The molecule has 0 saturated heterocycles. The topological polar surface area (TPSA) is 55.2 Å². The third kappa shape index (κ3) is 2.70. The molecule has 2 aromatic carbocycles. The van der Waals surface area contributed by atoms with Crippen LogP contribution in [0.4, 0.5) is 0 Å². The third-order valence-electron chi connectivity index (χ3n) is 4.32. The Morgan fingerprint density at radius 1 is 1.04 bits per heavy atom. The molecule has 4 rings (SSSR count). The lowest BCUT2D eigenvalue weighted by molar-refractivity contribution is 0.313. The maximum Gasteiger partial charge on any atom is 0.349 e. The van der Waals surface area contributed by atoms with Crippen LogP contribution in [-0.2, 0) is 0 Å². The van der Waals surface area contributed by atoms with Crippen LogP contribution in [-0.4, -0.2) is 11.6 Å². The summed E-state index contributed by atoms with van der Waals surface area (Å²) in [5.41, 5.74) is 2.75. The second-order valence-corrected chi connectivity index (χ2v) is 6.03. The van der Waals surface area contributed by atoms with Crippen molar-refractivity contribution in [2.45, 2.75) is 19.8 Å². The Bertz CT molecular complexity index is 1080. The number of nitrogens with one attached hydrogen (secondary N) is 1. The van der Waals surface area contributed by atoms with Gasteiger partial charge in [-0.25, -0.2) is 4.79 Å². The number of fused-ring (bicyclic) bond motifs is 3. The number of H-pyrrole nitrogens is 1.